The molecule has 0 radical (unpaired) electrons. The highest BCUT2D eigenvalue weighted by molar-refractivity contribution is 9.10. The fourth-order valence-corrected chi connectivity index (χ4v) is 2.40. The first kappa shape index (κ1) is 15.1. The lowest BCUT2D eigenvalue weighted by molar-refractivity contribution is 0.395. The van der Waals surface area contributed by atoms with Crippen molar-refractivity contribution in [3.63, 3.8) is 0 Å². The number of benzene rings is 1. The molecule has 20 heavy (non-hydrogen) atoms. The minimum Gasteiger partial charge on any atom is -0.495 e. The number of ether oxygens (including phenoxy) is 2. The van der Waals surface area contributed by atoms with E-state index in [0.29, 0.717) is 21.2 Å². The van der Waals surface area contributed by atoms with Crippen LogP contribution in [-0.4, -0.2) is 14.2 Å². The quantitative estimate of drug-likeness (QED) is 0.825. The van der Waals surface area contributed by atoms with E-state index in [1.54, 1.807) is 26.4 Å². The minimum absolute atomic E-state index is 0.0281. The van der Waals surface area contributed by atoms with E-state index in [1.807, 2.05) is 19.1 Å². The average molecular weight is 361 g/mol. The van der Waals surface area contributed by atoms with Gasteiger partial charge in [-0.15, -0.1) is 0 Å². The van der Waals surface area contributed by atoms with E-state index in [-0.39, 0.29) is 6.04 Å². The van der Waals surface area contributed by atoms with Crippen LogP contribution in [0.3, 0.4) is 0 Å². The monoisotopic (exact) mass is 359 g/mol. The van der Waals surface area contributed by atoms with Crippen LogP contribution >= 0.6 is 27.5 Å². The van der Waals surface area contributed by atoms with Gasteiger partial charge in [0.15, 0.2) is 4.67 Å². The molecule has 4 nitrogen and oxygen atoms in total. The first-order chi connectivity index (χ1) is 9.55. The zero-order chi connectivity index (χ0) is 14.7. The average Bonchev–Trinajstić information content (AvgIpc) is 2.86. The van der Waals surface area contributed by atoms with E-state index in [9.17, 15) is 0 Å². The third-order valence-electron chi connectivity index (χ3n) is 2.87. The van der Waals surface area contributed by atoms with Crippen molar-refractivity contribution in [2.24, 2.45) is 0 Å². The van der Waals surface area contributed by atoms with Crippen molar-refractivity contribution < 1.29 is 13.9 Å². The molecule has 0 saturated carbocycles. The van der Waals surface area contributed by atoms with Gasteiger partial charge < -0.3 is 19.2 Å². The number of furan rings is 1. The summed E-state index contributed by atoms with van der Waals surface area (Å²) in [6, 6.07) is 7.24. The van der Waals surface area contributed by atoms with Crippen molar-refractivity contribution in [1.82, 2.24) is 0 Å². The highest BCUT2D eigenvalue weighted by Gasteiger charge is 2.15. The molecule has 0 aliphatic heterocycles. The van der Waals surface area contributed by atoms with E-state index in [1.165, 1.54) is 0 Å². The van der Waals surface area contributed by atoms with Crippen molar-refractivity contribution in [2.45, 2.75) is 13.0 Å². The summed E-state index contributed by atoms with van der Waals surface area (Å²) in [7, 11) is 3.17. The fourth-order valence-electron chi connectivity index (χ4n) is 1.84. The Hall–Kier alpha value is -1.33. The molecule has 2 rings (SSSR count). The lowest BCUT2D eigenvalue weighted by Crippen LogP contribution is -2.07. The van der Waals surface area contributed by atoms with Crippen LogP contribution in [0.4, 0.5) is 5.69 Å². The predicted molar refractivity (Wildman–Crippen MR) is 83.0 cm³/mol. The van der Waals surface area contributed by atoms with Gasteiger partial charge in [-0.1, -0.05) is 11.6 Å². The van der Waals surface area contributed by atoms with Gasteiger partial charge in [0.1, 0.15) is 17.3 Å². The summed E-state index contributed by atoms with van der Waals surface area (Å²) in [5.41, 5.74) is 0.776. The molecule has 1 aromatic heterocycles. The number of methoxy groups -OCH3 is 2. The Balaban J connectivity index is 2.26. The predicted octanol–water partition coefficient (Wildman–Crippen LogP) is 4.89. The second-order valence-corrected chi connectivity index (χ2v) is 5.38. The standard InChI is InChI=1S/C14H15BrClNO3/c1-8(11-4-5-14(15)20-11)17-10-6-9(16)12(18-2)7-13(10)19-3/h4-8,17H,1-3H3. The molecule has 0 aliphatic carbocycles. The van der Waals surface area contributed by atoms with E-state index in [4.69, 9.17) is 25.5 Å². The van der Waals surface area contributed by atoms with Gasteiger partial charge in [0, 0.05) is 6.07 Å². The first-order valence-corrected chi connectivity index (χ1v) is 7.15. The second kappa shape index (κ2) is 6.41. The summed E-state index contributed by atoms with van der Waals surface area (Å²) in [4.78, 5) is 0. The van der Waals surface area contributed by atoms with Crippen LogP contribution in [0.15, 0.2) is 33.4 Å². The summed E-state index contributed by atoms with van der Waals surface area (Å²) in [5.74, 6) is 2.04. The maximum absolute atomic E-state index is 6.14. The molecule has 1 N–H and O–H groups in total. The molecule has 1 atom stereocenters. The van der Waals surface area contributed by atoms with E-state index < -0.39 is 0 Å². The molecular weight excluding hydrogens is 346 g/mol. The third-order valence-corrected chi connectivity index (χ3v) is 3.59. The van der Waals surface area contributed by atoms with Crippen LogP contribution in [0, 0.1) is 0 Å². The van der Waals surface area contributed by atoms with Crippen LogP contribution in [0.2, 0.25) is 5.02 Å². The van der Waals surface area contributed by atoms with Gasteiger partial charge in [-0.25, -0.2) is 0 Å². The molecule has 0 bridgehead atoms. The number of hydrogen-bond acceptors (Lipinski definition) is 4. The highest BCUT2D eigenvalue weighted by atomic mass is 79.9. The maximum atomic E-state index is 6.14. The molecule has 6 heteroatoms. The molecular formula is C14H15BrClNO3. The van der Waals surface area contributed by atoms with Gasteiger partial charge >= 0.3 is 0 Å². The van der Waals surface area contributed by atoms with Gasteiger partial charge in [-0.2, -0.15) is 0 Å². The van der Waals surface area contributed by atoms with Gasteiger partial charge in [-0.3, -0.25) is 0 Å². The van der Waals surface area contributed by atoms with Crippen LogP contribution in [0.25, 0.3) is 0 Å². The van der Waals surface area contributed by atoms with Gasteiger partial charge in [0.2, 0.25) is 0 Å². The summed E-state index contributed by atoms with van der Waals surface area (Å²) in [5, 5.41) is 3.82. The number of hydrogen-bond donors (Lipinski definition) is 1. The molecule has 1 aromatic carbocycles. The Morgan fingerprint density at radius 3 is 2.45 bits per heavy atom. The number of anilines is 1. The Labute approximate surface area is 131 Å². The largest absolute Gasteiger partial charge is 0.495 e. The molecule has 0 saturated heterocycles. The van der Waals surface area contributed by atoms with E-state index >= 15 is 0 Å². The highest BCUT2D eigenvalue weighted by Crippen LogP contribution is 2.37. The minimum atomic E-state index is -0.0281. The van der Waals surface area contributed by atoms with Gasteiger partial charge in [0.05, 0.1) is 31.0 Å². The fraction of sp³-hybridized carbons (Fsp3) is 0.286. The van der Waals surface area contributed by atoms with Gasteiger partial charge in [0.25, 0.3) is 0 Å². The molecule has 1 unspecified atom stereocenters. The van der Waals surface area contributed by atoms with Crippen molar-refractivity contribution in [3.05, 3.63) is 39.7 Å². The van der Waals surface area contributed by atoms with Crippen molar-refractivity contribution in [3.8, 4) is 11.5 Å². The van der Waals surface area contributed by atoms with Crippen molar-refractivity contribution in [2.75, 3.05) is 19.5 Å². The Morgan fingerprint density at radius 1 is 1.20 bits per heavy atom. The summed E-state index contributed by atoms with van der Waals surface area (Å²) >= 11 is 9.43. The van der Waals surface area contributed by atoms with Crippen LogP contribution < -0.4 is 14.8 Å². The molecule has 0 fully saturated rings. The lowest BCUT2D eigenvalue weighted by Gasteiger charge is -2.17. The summed E-state index contributed by atoms with van der Waals surface area (Å²) < 4.78 is 16.7. The first-order valence-electron chi connectivity index (χ1n) is 5.98. The van der Waals surface area contributed by atoms with Crippen LogP contribution in [-0.2, 0) is 0 Å². The molecule has 0 spiro atoms. The topological polar surface area (TPSA) is 43.6 Å². The van der Waals surface area contributed by atoms with Crippen LogP contribution in [0.1, 0.15) is 18.7 Å². The lowest BCUT2D eigenvalue weighted by atomic mass is 10.2. The number of rotatable bonds is 5. The Kier molecular flexibility index (Phi) is 4.83. The SMILES string of the molecule is COc1cc(OC)c(NC(C)c2ccc(Br)o2)cc1Cl. The maximum Gasteiger partial charge on any atom is 0.169 e. The Morgan fingerprint density at radius 2 is 1.90 bits per heavy atom. The van der Waals surface area contributed by atoms with E-state index in [0.717, 1.165) is 11.4 Å². The van der Waals surface area contributed by atoms with Crippen LogP contribution in [0.5, 0.6) is 11.5 Å². The third kappa shape index (κ3) is 3.22. The normalized spacial score (nSPS) is 12.1. The second-order valence-electron chi connectivity index (χ2n) is 4.19. The van der Waals surface area contributed by atoms with Crippen molar-refractivity contribution >= 4 is 33.2 Å². The van der Waals surface area contributed by atoms with Crippen molar-refractivity contribution in [1.29, 1.82) is 0 Å². The summed E-state index contributed by atoms with van der Waals surface area (Å²) in [6.07, 6.45) is 0. The Bertz CT molecular complexity index is 600. The molecule has 0 aliphatic rings. The smallest absolute Gasteiger partial charge is 0.169 e. The van der Waals surface area contributed by atoms with Gasteiger partial charge in [-0.05, 0) is 41.1 Å². The molecule has 0 amide bonds. The van der Waals surface area contributed by atoms with E-state index in [2.05, 4.69) is 21.2 Å². The zero-order valence-corrected chi connectivity index (χ0v) is 13.7. The molecule has 2 aromatic rings. The number of halogens is 2. The summed E-state index contributed by atoms with van der Waals surface area (Å²) in [6.45, 7) is 1.99. The number of nitrogens with one attached hydrogen (secondary N) is 1. The zero-order valence-electron chi connectivity index (χ0n) is 11.4. The molecule has 108 valence electrons. The molecule has 1 heterocycles.